The van der Waals surface area contributed by atoms with E-state index in [1.54, 1.807) is 60.7 Å². The summed E-state index contributed by atoms with van der Waals surface area (Å²) >= 11 is 0. The molecule has 0 bridgehead atoms. The number of rotatable bonds is 19. The molecule has 0 spiro atoms. The predicted octanol–water partition coefficient (Wildman–Crippen LogP) is 1.88. The summed E-state index contributed by atoms with van der Waals surface area (Å²) in [5, 5.41) is 23.7. The van der Waals surface area contributed by atoms with Crippen molar-refractivity contribution in [2.45, 2.75) is 64.8 Å². The fourth-order valence-electron chi connectivity index (χ4n) is 5.07. The maximum atomic E-state index is 13.7. The van der Waals surface area contributed by atoms with Crippen molar-refractivity contribution in [2.75, 3.05) is 13.1 Å². The highest BCUT2D eigenvalue weighted by atomic mass is 16.6. The average Bonchev–Trinajstić information content (AvgIpc) is 3.11. The second kappa shape index (κ2) is 20.5. The maximum Gasteiger partial charge on any atom is 0.329 e. The Morgan fingerprint density at radius 3 is 1.75 bits per heavy atom. The number of hydrogen-bond donors (Lipinski definition) is 5. The van der Waals surface area contributed by atoms with Crippen molar-refractivity contribution in [1.29, 1.82) is 0 Å². The number of amides is 5. The molecule has 15 heteroatoms. The summed E-state index contributed by atoms with van der Waals surface area (Å²) in [4.78, 5) is 87.1. The van der Waals surface area contributed by atoms with Gasteiger partial charge in [-0.2, -0.15) is 0 Å². The van der Waals surface area contributed by atoms with Gasteiger partial charge in [-0.15, -0.1) is 0 Å². The topological polar surface area (TPSA) is 215 Å². The van der Waals surface area contributed by atoms with Crippen molar-refractivity contribution in [1.82, 2.24) is 26.6 Å². The van der Waals surface area contributed by atoms with E-state index in [0.29, 0.717) is 17.5 Å². The van der Waals surface area contributed by atoms with Crippen LogP contribution in [0.2, 0.25) is 0 Å². The van der Waals surface area contributed by atoms with E-state index >= 15 is 0 Å². The zero-order chi connectivity index (χ0) is 38.0. The minimum absolute atomic E-state index is 0.0543. The molecule has 0 saturated carbocycles. The third-order valence-corrected chi connectivity index (χ3v) is 7.62. The Balaban J connectivity index is 1.67. The number of esters is 1. The molecule has 0 radical (unpaired) electrons. The molecule has 276 valence electrons. The molecule has 3 unspecified atom stereocenters. The first kappa shape index (κ1) is 40.3. The fourth-order valence-corrected chi connectivity index (χ4v) is 5.07. The number of nitrogens with zero attached hydrogens (tertiary/aromatic N) is 1. The van der Waals surface area contributed by atoms with E-state index in [1.165, 1.54) is 31.2 Å². The van der Waals surface area contributed by atoms with Gasteiger partial charge in [-0.1, -0.05) is 74.5 Å². The molecule has 0 fully saturated rings. The van der Waals surface area contributed by atoms with Gasteiger partial charge in [-0.05, 0) is 41.2 Å². The largest absolute Gasteiger partial charge is 0.459 e. The first-order valence-corrected chi connectivity index (χ1v) is 16.7. The summed E-state index contributed by atoms with van der Waals surface area (Å²) < 4.78 is 5.49. The molecule has 0 aliphatic heterocycles. The van der Waals surface area contributed by atoms with Gasteiger partial charge >= 0.3 is 5.97 Å². The van der Waals surface area contributed by atoms with Crippen molar-refractivity contribution >= 4 is 41.2 Å². The Bertz CT molecular complexity index is 1680. The molecule has 5 N–H and O–H groups in total. The van der Waals surface area contributed by atoms with Crippen molar-refractivity contribution in [3.05, 3.63) is 112 Å². The van der Waals surface area contributed by atoms with Crippen LogP contribution in [0, 0.1) is 16.0 Å². The van der Waals surface area contributed by atoms with Crippen LogP contribution in [0.15, 0.2) is 84.9 Å². The number of carbonyl (C=O) groups excluding carboxylic acids is 6. The molecule has 0 heterocycles. The van der Waals surface area contributed by atoms with Crippen LogP contribution in [0.1, 0.15) is 43.9 Å². The SMILES string of the molecule is CC(=O)NC(CC(C)C)C(=O)NCC(=O)NCC(=O)NC(Cc1ccccc1)C(=O)NC(Cc1ccccc1)C(=O)OCc1ccc([N+](=O)[O-])cc1. The minimum Gasteiger partial charge on any atom is -0.459 e. The zero-order valence-electron chi connectivity index (χ0n) is 29.3. The Hall–Kier alpha value is -6.12. The van der Waals surface area contributed by atoms with E-state index in [1.807, 2.05) is 13.8 Å². The van der Waals surface area contributed by atoms with Crippen LogP contribution in [-0.4, -0.2) is 71.6 Å². The van der Waals surface area contributed by atoms with E-state index in [4.69, 9.17) is 4.74 Å². The molecule has 52 heavy (non-hydrogen) atoms. The minimum atomic E-state index is -1.17. The highest BCUT2D eigenvalue weighted by Gasteiger charge is 2.29. The highest BCUT2D eigenvalue weighted by molar-refractivity contribution is 5.94. The molecule has 0 aliphatic rings. The average molecular weight is 717 g/mol. The van der Waals surface area contributed by atoms with Gasteiger partial charge in [-0.25, -0.2) is 4.79 Å². The normalized spacial score (nSPS) is 12.4. The summed E-state index contributed by atoms with van der Waals surface area (Å²) in [6, 6.07) is 20.1. The van der Waals surface area contributed by atoms with Gasteiger partial charge in [0.25, 0.3) is 5.69 Å². The lowest BCUT2D eigenvalue weighted by Crippen LogP contribution is -2.55. The molecule has 5 amide bonds. The van der Waals surface area contributed by atoms with Crippen LogP contribution < -0.4 is 26.6 Å². The smallest absolute Gasteiger partial charge is 0.329 e. The zero-order valence-corrected chi connectivity index (χ0v) is 29.3. The number of carbonyl (C=O) groups is 6. The number of ether oxygens (including phenoxy) is 1. The number of nitro benzene ring substituents is 1. The molecule has 15 nitrogen and oxygen atoms in total. The number of non-ortho nitro benzene ring substituents is 1. The van der Waals surface area contributed by atoms with Crippen LogP contribution in [0.3, 0.4) is 0 Å². The third kappa shape index (κ3) is 14.4. The summed E-state index contributed by atoms with van der Waals surface area (Å²) in [6.45, 7) is 3.90. The Labute approximate surface area is 301 Å². The molecule has 0 aliphatic carbocycles. The molecule has 0 aromatic heterocycles. The fraction of sp³-hybridized carbons (Fsp3) is 0.351. The Kier molecular flexibility index (Phi) is 15.9. The van der Waals surface area contributed by atoms with Gasteiger partial charge in [0.05, 0.1) is 18.0 Å². The second-order valence-electron chi connectivity index (χ2n) is 12.5. The molecule has 3 atom stereocenters. The lowest BCUT2D eigenvalue weighted by molar-refractivity contribution is -0.384. The molecular formula is C37H44N6O9. The van der Waals surface area contributed by atoms with E-state index in [9.17, 15) is 38.9 Å². The second-order valence-corrected chi connectivity index (χ2v) is 12.5. The molecule has 0 saturated heterocycles. The summed E-state index contributed by atoms with van der Waals surface area (Å²) in [6.07, 6.45) is 0.488. The van der Waals surface area contributed by atoms with Crippen molar-refractivity contribution in [2.24, 2.45) is 5.92 Å². The van der Waals surface area contributed by atoms with Gasteiger partial charge in [0.2, 0.25) is 29.5 Å². The van der Waals surface area contributed by atoms with Gasteiger partial charge in [0.1, 0.15) is 24.7 Å². The van der Waals surface area contributed by atoms with E-state index < -0.39 is 65.7 Å². The molecular weight excluding hydrogens is 672 g/mol. The van der Waals surface area contributed by atoms with Crippen LogP contribution in [0.25, 0.3) is 0 Å². The number of benzene rings is 3. The molecule has 3 aromatic carbocycles. The van der Waals surface area contributed by atoms with Crippen molar-refractivity contribution < 1.29 is 38.4 Å². The lowest BCUT2D eigenvalue weighted by Gasteiger charge is -2.23. The Morgan fingerprint density at radius 1 is 0.654 bits per heavy atom. The van der Waals surface area contributed by atoms with E-state index in [2.05, 4.69) is 26.6 Å². The van der Waals surface area contributed by atoms with Gasteiger partial charge in [-0.3, -0.25) is 34.1 Å². The monoisotopic (exact) mass is 716 g/mol. The predicted molar refractivity (Wildman–Crippen MR) is 190 cm³/mol. The number of hydrogen-bond acceptors (Lipinski definition) is 9. The van der Waals surface area contributed by atoms with Gasteiger partial charge in [0, 0.05) is 31.9 Å². The van der Waals surface area contributed by atoms with Crippen LogP contribution in [0.4, 0.5) is 5.69 Å². The summed E-state index contributed by atoms with van der Waals surface area (Å²) in [5.41, 5.74) is 1.83. The lowest BCUT2D eigenvalue weighted by atomic mass is 10.0. The number of nitro groups is 1. The third-order valence-electron chi connectivity index (χ3n) is 7.62. The van der Waals surface area contributed by atoms with E-state index in [-0.39, 0.29) is 37.0 Å². The number of nitrogens with one attached hydrogen (secondary N) is 5. The summed E-state index contributed by atoms with van der Waals surface area (Å²) in [7, 11) is 0. The van der Waals surface area contributed by atoms with Crippen molar-refractivity contribution in [3.8, 4) is 0 Å². The standard InChI is InChI=1S/C37H44N6O9/c1-24(2)18-30(40-25(3)44)35(47)39-21-33(45)38-22-34(46)41-31(19-26-10-6-4-7-11-26)36(48)42-32(20-27-12-8-5-9-13-27)37(49)52-23-28-14-16-29(17-15-28)43(50)51/h4-17,24,30-32H,18-23H2,1-3H3,(H,38,45)(H,39,47)(H,40,44)(H,41,46)(H,42,48). The highest BCUT2D eigenvalue weighted by Crippen LogP contribution is 2.14. The van der Waals surface area contributed by atoms with Crippen LogP contribution in [-0.2, 0) is 53.0 Å². The van der Waals surface area contributed by atoms with Gasteiger partial charge < -0.3 is 31.3 Å². The van der Waals surface area contributed by atoms with Crippen molar-refractivity contribution in [3.63, 3.8) is 0 Å². The van der Waals surface area contributed by atoms with Crippen LogP contribution >= 0.6 is 0 Å². The van der Waals surface area contributed by atoms with E-state index in [0.717, 1.165) is 5.56 Å². The first-order valence-electron chi connectivity index (χ1n) is 16.7. The maximum absolute atomic E-state index is 13.7. The Morgan fingerprint density at radius 2 is 1.21 bits per heavy atom. The summed E-state index contributed by atoms with van der Waals surface area (Å²) in [5.74, 6) is -3.64. The molecule has 3 rings (SSSR count). The van der Waals surface area contributed by atoms with Gasteiger partial charge in [0.15, 0.2) is 0 Å². The van der Waals surface area contributed by atoms with Crippen LogP contribution in [0.5, 0.6) is 0 Å². The quantitative estimate of drug-likeness (QED) is 0.0695. The first-order chi connectivity index (χ1) is 24.8. The molecule has 3 aromatic rings.